The first-order valence-corrected chi connectivity index (χ1v) is 7.31. The molecule has 4 rings (SSSR count). The van der Waals surface area contributed by atoms with Crippen LogP contribution in [0.5, 0.6) is 5.88 Å². The maximum absolute atomic E-state index is 12.7. The number of ether oxygens (including phenoxy) is 1. The third kappa shape index (κ3) is 2.25. The van der Waals surface area contributed by atoms with Crippen LogP contribution >= 0.6 is 0 Å². The smallest absolute Gasteiger partial charge is 0.213 e. The van der Waals surface area contributed by atoms with Crippen LogP contribution in [-0.4, -0.2) is 22.9 Å². The maximum atomic E-state index is 12.7. The van der Waals surface area contributed by atoms with E-state index in [2.05, 4.69) is 28.2 Å². The lowest BCUT2D eigenvalue weighted by Crippen LogP contribution is -2.02. The molecule has 4 aromatic rings. The Bertz CT molecular complexity index is 1030. The van der Waals surface area contributed by atoms with Crippen LogP contribution in [0, 0.1) is 0 Å². The number of carbonyl (C=O) groups excluding carboxylic acids is 1. The molecular formula is C19H14N2O2. The molecule has 0 amide bonds. The Morgan fingerprint density at radius 1 is 1.04 bits per heavy atom. The van der Waals surface area contributed by atoms with Gasteiger partial charge in [0.1, 0.15) is 0 Å². The Balaban J connectivity index is 1.85. The quantitative estimate of drug-likeness (QED) is 0.583. The van der Waals surface area contributed by atoms with Crippen molar-refractivity contribution in [2.24, 2.45) is 0 Å². The van der Waals surface area contributed by atoms with Gasteiger partial charge in [-0.15, -0.1) is 0 Å². The van der Waals surface area contributed by atoms with E-state index in [0.717, 1.165) is 21.7 Å². The van der Waals surface area contributed by atoms with Gasteiger partial charge in [-0.3, -0.25) is 4.79 Å². The second-order valence-electron chi connectivity index (χ2n) is 5.35. The van der Waals surface area contributed by atoms with E-state index in [-0.39, 0.29) is 5.78 Å². The summed E-state index contributed by atoms with van der Waals surface area (Å²) >= 11 is 0. The Hall–Kier alpha value is -3.14. The first-order valence-electron chi connectivity index (χ1n) is 7.31. The zero-order valence-corrected chi connectivity index (χ0v) is 12.5. The number of aromatic nitrogens is 2. The molecule has 0 fully saturated rings. The van der Waals surface area contributed by atoms with Gasteiger partial charge in [0.25, 0.3) is 0 Å². The predicted octanol–water partition coefficient (Wildman–Crippen LogP) is 3.96. The number of H-pyrrole nitrogens is 1. The number of ketones is 1. The van der Waals surface area contributed by atoms with Gasteiger partial charge in [0.2, 0.25) is 11.7 Å². The molecule has 0 spiro atoms. The molecule has 0 saturated heterocycles. The number of hydrogen-bond acceptors (Lipinski definition) is 3. The molecule has 0 aliphatic carbocycles. The van der Waals surface area contributed by atoms with Crippen molar-refractivity contribution in [1.82, 2.24) is 9.97 Å². The molecular weight excluding hydrogens is 288 g/mol. The summed E-state index contributed by atoms with van der Waals surface area (Å²) in [4.78, 5) is 20.0. The SMILES string of the molecule is COc1cc(C(=O)c2cc3c(ccc4ccccc43)[nH]2)ccn1. The molecule has 1 N–H and O–H groups in total. The lowest BCUT2D eigenvalue weighted by Gasteiger charge is -2.01. The van der Waals surface area contributed by atoms with Crippen LogP contribution in [0.15, 0.2) is 60.8 Å². The van der Waals surface area contributed by atoms with E-state index in [0.29, 0.717) is 17.1 Å². The summed E-state index contributed by atoms with van der Waals surface area (Å²) in [6, 6.07) is 17.4. The van der Waals surface area contributed by atoms with Gasteiger partial charge in [-0.2, -0.15) is 0 Å². The van der Waals surface area contributed by atoms with E-state index in [1.165, 1.54) is 7.11 Å². The number of carbonyl (C=O) groups is 1. The molecule has 0 atom stereocenters. The number of aromatic amines is 1. The molecule has 0 radical (unpaired) electrons. The second kappa shape index (κ2) is 5.25. The molecule has 0 aliphatic heterocycles. The number of nitrogens with one attached hydrogen (secondary N) is 1. The fourth-order valence-corrected chi connectivity index (χ4v) is 2.83. The lowest BCUT2D eigenvalue weighted by atomic mass is 10.1. The summed E-state index contributed by atoms with van der Waals surface area (Å²) in [6.45, 7) is 0. The summed E-state index contributed by atoms with van der Waals surface area (Å²) in [5, 5.41) is 3.34. The standard InChI is InChI=1S/C19H14N2O2/c1-23-18-10-13(8-9-20-18)19(22)17-11-15-14-5-3-2-4-12(14)6-7-16(15)21-17/h2-11,21H,1H3. The molecule has 4 nitrogen and oxygen atoms in total. The van der Waals surface area contributed by atoms with Gasteiger partial charge in [-0.05, 0) is 29.0 Å². The maximum Gasteiger partial charge on any atom is 0.213 e. The van der Waals surface area contributed by atoms with Crippen molar-refractivity contribution >= 4 is 27.5 Å². The first kappa shape index (κ1) is 13.5. The van der Waals surface area contributed by atoms with Gasteiger partial charge in [0.15, 0.2) is 0 Å². The van der Waals surface area contributed by atoms with E-state index >= 15 is 0 Å². The van der Waals surface area contributed by atoms with Crippen LogP contribution in [0.3, 0.4) is 0 Å². The Morgan fingerprint density at radius 2 is 1.91 bits per heavy atom. The highest BCUT2D eigenvalue weighted by Crippen LogP contribution is 2.27. The number of rotatable bonds is 3. The van der Waals surface area contributed by atoms with E-state index in [1.54, 1.807) is 18.3 Å². The average molecular weight is 302 g/mol. The monoisotopic (exact) mass is 302 g/mol. The number of nitrogens with zero attached hydrogens (tertiary/aromatic N) is 1. The Labute approximate surface area is 132 Å². The molecule has 112 valence electrons. The highest BCUT2D eigenvalue weighted by Gasteiger charge is 2.14. The van der Waals surface area contributed by atoms with Gasteiger partial charge in [0.05, 0.1) is 12.8 Å². The van der Waals surface area contributed by atoms with Gasteiger partial charge >= 0.3 is 0 Å². The number of benzene rings is 2. The van der Waals surface area contributed by atoms with Gasteiger partial charge < -0.3 is 9.72 Å². The number of fused-ring (bicyclic) bond motifs is 3. The van der Waals surface area contributed by atoms with Crippen molar-refractivity contribution in [2.75, 3.05) is 7.11 Å². The topological polar surface area (TPSA) is 55.0 Å². The predicted molar refractivity (Wildman–Crippen MR) is 90.0 cm³/mol. The average Bonchev–Trinajstić information content (AvgIpc) is 3.06. The van der Waals surface area contributed by atoms with E-state index < -0.39 is 0 Å². The van der Waals surface area contributed by atoms with Gasteiger partial charge in [-0.25, -0.2) is 4.98 Å². The van der Waals surface area contributed by atoms with Crippen molar-refractivity contribution in [3.63, 3.8) is 0 Å². The normalized spacial score (nSPS) is 11.0. The molecule has 0 unspecified atom stereocenters. The number of hydrogen-bond donors (Lipinski definition) is 1. The second-order valence-corrected chi connectivity index (χ2v) is 5.35. The summed E-state index contributed by atoms with van der Waals surface area (Å²) in [7, 11) is 1.53. The van der Waals surface area contributed by atoms with Crippen LogP contribution in [0.4, 0.5) is 0 Å². The molecule has 2 aromatic carbocycles. The van der Waals surface area contributed by atoms with Gasteiger partial charge in [-0.1, -0.05) is 30.3 Å². The minimum atomic E-state index is -0.0778. The summed E-state index contributed by atoms with van der Waals surface area (Å²) < 4.78 is 5.08. The Morgan fingerprint density at radius 3 is 2.78 bits per heavy atom. The van der Waals surface area contributed by atoms with Crippen molar-refractivity contribution in [2.45, 2.75) is 0 Å². The highest BCUT2D eigenvalue weighted by atomic mass is 16.5. The minimum Gasteiger partial charge on any atom is -0.481 e. The number of pyridine rings is 1. The van der Waals surface area contributed by atoms with Crippen molar-refractivity contribution < 1.29 is 9.53 Å². The minimum absolute atomic E-state index is 0.0778. The highest BCUT2D eigenvalue weighted by molar-refractivity contribution is 6.14. The molecule has 2 heterocycles. The fourth-order valence-electron chi connectivity index (χ4n) is 2.83. The van der Waals surface area contributed by atoms with Crippen LogP contribution in [0.1, 0.15) is 16.1 Å². The summed E-state index contributed by atoms with van der Waals surface area (Å²) in [6.07, 6.45) is 1.57. The fraction of sp³-hybridized carbons (Fsp3) is 0.0526. The lowest BCUT2D eigenvalue weighted by molar-refractivity contribution is 0.103. The molecule has 0 bridgehead atoms. The van der Waals surface area contributed by atoms with Crippen molar-refractivity contribution in [3.8, 4) is 5.88 Å². The molecule has 2 aromatic heterocycles. The van der Waals surface area contributed by atoms with Crippen LogP contribution in [-0.2, 0) is 0 Å². The van der Waals surface area contributed by atoms with Crippen LogP contribution in [0.2, 0.25) is 0 Å². The van der Waals surface area contributed by atoms with Crippen molar-refractivity contribution in [3.05, 3.63) is 72.1 Å². The third-order valence-electron chi connectivity index (χ3n) is 3.98. The number of methoxy groups -OCH3 is 1. The zero-order valence-electron chi connectivity index (χ0n) is 12.5. The van der Waals surface area contributed by atoms with E-state index in [9.17, 15) is 4.79 Å². The molecule has 0 aliphatic rings. The van der Waals surface area contributed by atoms with Crippen LogP contribution in [0.25, 0.3) is 21.7 Å². The zero-order chi connectivity index (χ0) is 15.8. The van der Waals surface area contributed by atoms with Gasteiger partial charge in [0, 0.05) is 28.7 Å². The first-order chi connectivity index (χ1) is 11.3. The molecule has 23 heavy (non-hydrogen) atoms. The van der Waals surface area contributed by atoms with Crippen molar-refractivity contribution in [1.29, 1.82) is 0 Å². The summed E-state index contributed by atoms with van der Waals surface area (Å²) in [5.41, 5.74) is 2.06. The summed E-state index contributed by atoms with van der Waals surface area (Å²) in [5.74, 6) is 0.350. The molecule has 4 heteroatoms. The van der Waals surface area contributed by atoms with E-state index in [4.69, 9.17) is 4.74 Å². The van der Waals surface area contributed by atoms with E-state index in [1.807, 2.05) is 24.3 Å². The molecule has 0 saturated carbocycles. The Kier molecular flexibility index (Phi) is 3.08. The third-order valence-corrected chi connectivity index (χ3v) is 3.98. The van der Waals surface area contributed by atoms with Crippen LogP contribution < -0.4 is 4.74 Å². The largest absolute Gasteiger partial charge is 0.481 e.